The van der Waals surface area contributed by atoms with Gasteiger partial charge in [0.15, 0.2) is 0 Å². The first-order chi connectivity index (χ1) is 15.8. The lowest BCUT2D eigenvalue weighted by Crippen LogP contribution is -2.36. The minimum Gasteiger partial charge on any atom is -0.465 e. The fraction of sp³-hybridized carbons (Fsp3) is 0.652. The van der Waals surface area contributed by atoms with Crippen LogP contribution >= 0.6 is 0 Å². The largest absolute Gasteiger partial charge is 0.465 e. The monoisotopic (exact) mass is 464 g/mol. The van der Waals surface area contributed by atoms with Gasteiger partial charge in [0.05, 0.1) is 12.5 Å². The fourth-order valence-electron chi connectivity index (χ4n) is 3.90. The summed E-state index contributed by atoms with van der Waals surface area (Å²) in [6.45, 7) is 2.43. The maximum atomic E-state index is 12.3. The predicted molar refractivity (Wildman–Crippen MR) is 115 cm³/mol. The summed E-state index contributed by atoms with van der Waals surface area (Å²) >= 11 is 0. The number of hydrogen-bond donors (Lipinski definition) is 0. The molecule has 0 aromatic rings. The summed E-state index contributed by atoms with van der Waals surface area (Å²) in [5.74, 6) is -1.98. The average Bonchev–Trinajstić information content (AvgIpc) is 3.12. The van der Waals surface area contributed by atoms with Gasteiger partial charge in [0.1, 0.15) is 0 Å². The average molecular weight is 465 g/mol. The van der Waals surface area contributed by atoms with Crippen LogP contribution in [0.1, 0.15) is 71.1 Å². The maximum absolute atomic E-state index is 12.3. The molecular weight excluding hydrogens is 432 g/mol. The molecule has 0 unspecified atom stereocenters. The van der Waals surface area contributed by atoms with Crippen LogP contribution in [-0.4, -0.2) is 59.2 Å². The van der Waals surface area contributed by atoms with E-state index in [4.69, 9.17) is 9.57 Å². The van der Waals surface area contributed by atoms with Gasteiger partial charge >= 0.3 is 11.9 Å². The number of imide groups is 2. The summed E-state index contributed by atoms with van der Waals surface area (Å²) in [5.41, 5.74) is 0. The number of nitrogens with zero attached hydrogens (tertiary/aromatic N) is 2. The number of unbranched alkanes of at least 4 members (excludes halogenated alkanes) is 2. The van der Waals surface area contributed by atoms with Gasteiger partial charge in [-0.3, -0.25) is 28.9 Å². The summed E-state index contributed by atoms with van der Waals surface area (Å²) < 4.78 is 5.35. The van der Waals surface area contributed by atoms with E-state index < -0.39 is 11.9 Å². The molecule has 1 aliphatic carbocycles. The van der Waals surface area contributed by atoms with Gasteiger partial charge in [0, 0.05) is 31.5 Å². The molecule has 1 aliphatic heterocycles. The van der Waals surface area contributed by atoms with Crippen LogP contribution in [-0.2, 0) is 38.3 Å². The predicted octanol–water partition coefficient (Wildman–Crippen LogP) is 2.06. The quantitative estimate of drug-likeness (QED) is 0.141. The molecule has 1 saturated carbocycles. The standard InChI is InChI=1S/C23H32N2O8/c1-2-6-21(29)25(16-26)33-22(30)7-4-3-5-14-32-23(31)18-10-8-17(9-11-18)15-24-19(27)12-13-20(24)28/h12-13,16-18H,2-11,14-15H2,1H3. The Bertz CT molecular complexity index is 752. The van der Waals surface area contributed by atoms with Crippen LogP contribution in [0, 0.1) is 11.8 Å². The van der Waals surface area contributed by atoms with Crippen LogP contribution in [0.4, 0.5) is 0 Å². The molecular formula is C23H32N2O8. The summed E-state index contributed by atoms with van der Waals surface area (Å²) in [4.78, 5) is 75.7. The van der Waals surface area contributed by atoms with Crippen LogP contribution in [0.3, 0.4) is 0 Å². The van der Waals surface area contributed by atoms with Crippen molar-refractivity contribution in [3.8, 4) is 0 Å². The van der Waals surface area contributed by atoms with Crippen molar-refractivity contribution in [1.82, 2.24) is 9.96 Å². The normalized spacial score (nSPS) is 20.0. The number of carbonyl (C=O) groups is 6. The molecule has 10 nitrogen and oxygen atoms in total. The van der Waals surface area contributed by atoms with Crippen LogP contribution in [0.2, 0.25) is 0 Å². The number of ether oxygens (including phenoxy) is 1. The van der Waals surface area contributed by atoms with Crippen molar-refractivity contribution in [3.05, 3.63) is 12.2 Å². The molecule has 0 aromatic carbocycles. The molecule has 0 N–H and O–H groups in total. The molecule has 33 heavy (non-hydrogen) atoms. The lowest BCUT2D eigenvalue weighted by molar-refractivity contribution is -0.196. The number of hydroxylamine groups is 2. The van der Waals surface area contributed by atoms with E-state index in [-0.39, 0.29) is 55.5 Å². The van der Waals surface area contributed by atoms with Crippen LogP contribution in [0.25, 0.3) is 0 Å². The van der Waals surface area contributed by atoms with Gasteiger partial charge in [-0.05, 0) is 57.3 Å². The Hall–Kier alpha value is -3.04. The van der Waals surface area contributed by atoms with Gasteiger partial charge < -0.3 is 9.57 Å². The van der Waals surface area contributed by atoms with Gasteiger partial charge in [-0.1, -0.05) is 6.92 Å². The van der Waals surface area contributed by atoms with E-state index in [9.17, 15) is 28.8 Å². The van der Waals surface area contributed by atoms with E-state index in [2.05, 4.69) is 0 Å². The molecule has 2 aliphatic rings. The Morgan fingerprint density at radius 3 is 2.30 bits per heavy atom. The zero-order chi connectivity index (χ0) is 24.2. The number of amides is 4. The molecule has 0 bridgehead atoms. The molecule has 0 aromatic heterocycles. The second kappa shape index (κ2) is 13.5. The second-order valence-electron chi connectivity index (χ2n) is 8.35. The zero-order valence-corrected chi connectivity index (χ0v) is 19.0. The Labute approximate surface area is 193 Å². The number of hydrogen-bond acceptors (Lipinski definition) is 8. The molecule has 10 heteroatoms. The van der Waals surface area contributed by atoms with E-state index in [1.807, 2.05) is 0 Å². The molecule has 4 amide bonds. The van der Waals surface area contributed by atoms with E-state index in [0.29, 0.717) is 50.1 Å². The fourth-order valence-corrected chi connectivity index (χ4v) is 3.90. The van der Waals surface area contributed by atoms with Crippen molar-refractivity contribution in [2.75, 3.05) is 13.2 Å². The second-order valence-corrected chi connectivity index (χ2v) is 8.35. The smallest absolute Gasteiger partial charge is 0.333 e. The van der Waals surface area contributed by atoms with Gasteiger partial charge in [0.25, 0.3) is 24.1 Å². The first kappa shape index (κ1) is 26.2. The van der Waals surface area contributed by atoms with E-state index >= 15 is 0 Å². The number of esters is 1. The molecule has 182 valence electrons. The molecule has 0 spiro atoms. The van der Waals surface area contributed by atoms with Crippen LogP contribution in [0.15, 0.2) is 12.2 Å². The first-order valence-corrected chi connectivity index (χ1v) is 11.5. The van der Waals surface area contributed by atoms with Crippen molar-refractivity contribution >= 4 is 36.1 Å². The van der Waals surface area contributed by atoms with Gasteiger partial charge in [-0.25, -0.2) is 4.79 Å². The lowest BCUT2D eigenvalue weighted by atomic mass is 9.82. The first-order valence-electron chi connectivity index (χ1n) is 11.5. The van der Waals surface area contributed by atoms with Gasteiger partial charge in [-0.2, -0.15) is 0 Å². The van der Waals surface area contributed by atoms with Crippen LogP contribution < -0.4 is 0 Å². The third kappa shape index (κ3) is 8.43. The van der Waals surface area contributed by atoms with Gasteiger partial charge in [-0.15, -0.1) is 5.06 Å². The summed E-state index contributed by atoms with van der Waals surface area (Å²) in [6.07, 6.45) is 8.03. The topological polar surface area (TPSA) is 127 Å². The minimum atomic E-state index is -0.659. The molecule has 0 atom stereocenters. The molecule has 2 rings (SSSR count). The number of rotatable bonds is 12. The highest BCUT2D eigenvalue weighted by Gasteiger charge is 2.31. The van der Waals surface area contributed by atoms with E-state index in [1.165, 1.54) is 17.1 Å². The molecule has 1 heterocycles. The highest BCUT2D eigenvalue weighted by molar-refractivity contribution is 6.12. The minimum absolute atomic E-state index is 0.0548. The zero-order valence-electron chi connectivity index (χ0n) is 19.0. The summed E-state index contributed by atoms with van der Waals surface area (Å²) in [5, 5.41) is 0.431. The third-order valence-electron chi connectivity index (χ3n) is 5.80. The van der Waals surface area contributed by atoms with Gasteiger partial charge in [0.2, 0.25) is 0 Å². The summed E-state index contributed by atoms with van der Waals surface area (Å²) in [6, 6.07) is 0. The molecule has 0 saturated heterocycles. The van der Waals surface area contributed by atoms with Crippen molar-refractivity contribution < 1.29 is 38.3 Å². The van der Waals surface area contributed by atoms with Crippen LogP contribution in [0.5, 0.6) is 0 Å². The van der Waals surface area contributed by atoms with E-state index in [0.717, 1.165) is 12.8 Å². The maximum Gasteiger partial charge on any atom is 0.333 e. The Balaban J connectivity index is 1.54. The lowest BCUT2D eigenvalue weighted by Gasteiger charge is -2.29. The Morgan fingerprint density at radius 2 is 1.70 bits per heavy atom. The Morgan fingerprint density at radius 1 is 1.03 bits per heavy atom. The van der Waals surface area contributed by atoms with Crippen molar-refractivity contribution in [3.63, 3.8) is 0 Å². The molecule has 0 radical (unpaired) electrons. The SMILES string of the molecule is CCCC(=O)N(C=O)OC(=O)CCCCCOC(=O)C1CCC(CN2C(=O)C=CC2=O)CC1. The van der Waals surface area contributed by atoms with Crippen molar-refractivity contribution in [2.24, 2.45) is 11.8 Å². The summed E-state index contributed by atoms with van der Waals surface area (Å²) in [7, 11) is 0. The van der Waals surface area contributed by atoms with E-state index in [1.54, 1.807) is 6.92 Å². The third-order valence-corrected chi connectivity index (χ3v) is 5.80. The molecule has 1 fully saturated rings. The highest BCUT2D eigenvalue weighted by atomic mass is 16.7. The highest BCUT2D eigenvalue weighted by Crippen LogP contribution is 2.30. The number of carbonyl (C=O) groups excluding carboxylic acids is 6. The Kier molecular flexibility index (Phi) is 10.7. The van der Waals surface area contributed by atoms with Crippen molar-refractivity contribution in [2.45, 2.75) is 71.1 Å². The van der Waals surface area contributed by atoms with Crippen molar-refractivity contribution in [1.29, 1.82) is 0 Å².